The third kappa shape index (κ3) is 5.92. The minimum atomic E-state index is -4.51. The summed E-state index contributed by atoms with van der Waals surface area (Å²) >= 11 is 5.62. The Morgan fingerprint density at radius 2 is 1.68 bits per heavy atom. The lowest BCUT2D eigenvalue weighted by molar-refractivity contribution is -0.137. The number of carbonyl (C=O) groups excluding carboxylic acids is 2. The third-order valence-electron chi connectivity index (χ3n) is 3.96. The lowest BCUT2D eigenvalue weighted by atomic mass is 10.1. The number of alkyl halides is 3. The molecule has 1 heterocycles. The smallest absolute Gasteiger partial charge is 0.416 e. The molecule has 3 aromatic rings. The van der Waals surface area contributed by atoms with E-state index in [2.05, 4.69) is 20.6 Å². The Balaban J connectivity index is 1.60. The molecule has 0 saturated carbocycles. The lowest BCUT2D eigenvalue weighted by Gasteiger charge is -2.11. The van der Waals surface area contributed by atoms with E-state index in [1.807, 2.05) is 0 Å². The number of imide groups is 1. The summed E-state index contributed by atoms with van der Waals surface area (Å²) in [4.78, 5) is 31.7. The first-order valence-corrected chi connectivity index (χ1v) is 9.05. The Bertz CT molecular complexity index is 1100. The van der Waals surface area contributed by atoms with Crippen LogP contribution in [0.15, 0.2) is 54.9 Å². The van der Waals surface area contributed by atoms with Crippen molar-refractivity contribution >= 4 is 29.2 Å². The van der Waals surface area contributed by atoms with E-state index in [0.717, 1.165) is 24.3 Å². The highest BCUT2D eigenvalue weighted by Crippen LogP contribution is 2.29. The van der Waals surface area contributed by atoms with Crippen molar-refractivity contribution in [3.05, 3.63) is 76.8 Å². The van der Waals surface area contributed by atoms with Crippen molar-refractivity contribution in [1.29, 1.82) is 0 Å². The van der Waals surface area contributed by atoms with E-state index < -0.39 is 23.7 Å². The summed E-state index contributed by atoms with van der Waals surface area (Å²) in [5.74, 6) is 0.0106. The maximum atomic E-state index is 12.6. The van der Waals surface area contributed by atoms with Crippen LogP contribution < -0.4 is 15.4 Å². The standard InChI is InChI=1S/C20H14ClF3N4O3/c1-11-8-14(6-7-16(11)31-15-9-25-18(21)26-10-15)27-19(30)28-17(29)12-2-4-13(5-3-12)20(22,23)24/h2-10H,1H3,(H2,27,28,29,30). The van der Waals surface area contributed by atoms with Crippen LogP contribution >= 0.6 is 11.6 Å². The monoisotopic (exact) mass is 450 g/mol. The van der Waals surface area contributed by atoms with Crippen molar-refractivity contribution < 1.29 is 27.5 Å². The predicted molar refractivity (Wildman–Crippen MR) is 106 cm³/mol. The first-order chi connectivity index (χ1) is 14.6. The first-order valence-electron chi connectivity index (χ1n) is 8.67. The number of hydrogen-bond donors (Lipinski definition) is 2. The Labute approximate surface area is 179 Å². The molecule has 0 atom stereocenters. The van der Waals surface area contributed by atoms with Crippen LogP contribution in [0, 0.1) is 6.92 Å². The van der Waals surface area contributed by atoms with Crippen molar-refractivity contribution in [3.63, 3.8) is 0 Å². The molecule has 0 unspecified atom stereocenters. The fourth-order valence-electron chi connectivity index (χ4n) is 2.47. The molecule has 11 heteroatoms. The maximum Gasteiger partial charge on any atom is 0.416 e. The van der Waals surface area contributed by atoms with Crippen LogP contribution in [0.2, 0.25) is 5.28 Å². The number of amides is 3. The summed E-state index contributed by atoms with van der Waals surface area (Å²) in [7, 11) is 0. The van der Waals surface area contributed by atoms with Gasteiger partial charge in [-0.1, -0.05) is 0 Å². The fourth-order valence-corrected chi connectivity index (χ4v) is 2.57. The van der Waals surface area contributed by atoms with Crippen molar-refractivity contribution in [1.82, 2.24) is 15.3 Å². The highest BCUT2D eigenvalue weighted by molar-refractivity contribution is 6.28. The summed E-state index contributed by atoms with van der Waals surface area (Å²) in [6.45, 7) is 1.74. The highest BCUT2D eigenvalue weighted by atomic mass is 35.5. The fraction of sp³-hybridized carbons (Fsp3) is 0.100. The van der Waals surface area contributed by atoms with Gasteiger partial charge in [-0.3, -0.25) is 10.1 Å². The topological polar surface area (TPSA) is 93.2 Å². The van der Waals surface area contributed by atoms with Gasteiger partial charge in [0.25, 0.3) is 5.91 Å². The summed E-state index contributed by atoms with van der Waals surface area (Å²) < 4.78 is 43.4. The number of nitrogens with zero attached hydrogens (tertiary/aromatic N) is 2. The van der Waals surface area contributed by atoms with Gasteiger partial charge >= 0.3 is 12.2 Å². The number of urea groups is 1. The minimum absolute atomic E-state index is 0.0838. The molecule has 0 fully saturated rings. The minimum Gasteiger partial charge on any atom is -0.454 e. The van der Waals surface area contributed by atoms with Crippen LogP contribution in [0.25, 0.3) is 0 Å². The number of rotatable bonds is 4. The number of aromatic nitrogens is 2. The van der Waals surface area contributed by atoms with E-state index in [4.69, 9.17) is 16.3 Å². The third-order valence-corrected chi connectivity index (χ3v) is 4.15. The average molecular weight is 451 g/mol. The molecule has 0 aliphatic heterocycles. The van der Waals surface area contributed by atoms with Crippen LogP contribution in [-0.2, 0) is 6.18 Å². The van der Waals surface area contributed by atoms with Gasteiger partial charge in [0.2, 0.25) is 5.28 Å². The Morgan fingerprint density at radius 3 is 2.26 bits per heavy atom. The normalized spacial score (nSPS) is 11.0. The zero-order chi connectivity index (χ0) is 22.6. The highest BCUT2D eigenvalue weighted by Gasteiger charge is 2.30. The van der Waals surface area contributed by atoms with Gasteiger partial charge in [0, 0.05) is 11.3 Å². The molecule has 0 aliphatic carbocycles. The zero-order valence-corrected chi connectivity index (χ0v) is 16.6. The summed E-state index contributed by atoms with van der Waals surface area (Å²) in [6, 6.07) is 7.41. The Kier molecular flexibility index (Phi) is 6.40. The second-order valence-corrected chi connectivity index (χ2v) is 6.59. The summed E-state index contributed by atoms with van der Waals surface area (Å²) in [6.07, 6.45) is -1.71. The Hall–Kier alpha value is -3.66. The number of hydrogen-bond acceptors (Lipinski definition) is 5. The van der Waals surface area contributed by atoms with E-state index in [9.17, 15) is 22.8 Å². The molecule has 31 heavy (non-hydrogen) atoms. The molecule has 0 saturated heterocycles. The molecule has 1 aromatic heterocycles. The second-order valence-electron chi connectivity index (χ2n) is 6.25. The Morgan fingerprint density at radius 1 is 1.03 bits per heavy atom. The van der Waals surface area contributed by atoms with Gasteiger partial charge in [-0.25, -0.2) is 14.8 Å². The lowest BCUT2D eigenvalue weighted by Crippen LogP contribution is -2.34. The molecule has 3 rings (SSSR count). The number of anilines is 1. The number of ether oxygens (including phenoxy) is 1. The maximum absolute atomic E-state index is 12.6. The zero-order valence-electron chi connectivity index (χ0n) is 15.8. The van der Waals surface area contributed by atoms with E-state index in [1.165, 1.54) is 12.4 Å². The van der Waals surface area contributed by atoms with Crippen molar-refractivity contribution in [2.24, 2.45) is 0 Å². The quantitative estimate of drug-likeness (QED) is 0.532. The molecule has 0 bridgehead atoms. The molecule has 2 aromatic carbocycles. The van der Waals surface area contributed by atoms with Crippen LogP contribution in [0.3, 0.4) is 0 Å². The van der Waals surface area contributed by atoms with E-state index in [-0.39, 0.29) is 10.8 Å². The molecule has 2 N–H and O–H groups in total. The van der Waals surface area contributed by atoms with Crippen LogP contribution in [0.4, 0.5) is 23.7 Å². The average Bonchev–Trinajstić information content (AvgIpc) is 2.71. The molecule has 0 aliphatic rings. The van der Waals surface area contributed by atoms with Crippen LogP contribution in [0.5, 0.6) is 11.5 Å². The second kappa shape index (κ2) is 9.00. The van der Waals surface area contributed by atoms with Gasteiger partial charge in [0.15, 0.2) is 5.75 Å². The number of benzene rings is 2. The van der Waals surface area contributed by atoms with Crippen molar-refractivity contribution in [2.45, 2.75) is 13.1 Å². The molecule has 0 radical (unpaired) electrons. The molecular weight excluding hydrogens is 437 g/mol. The van der Waals surface area contributed by atoms with E-state index in [1.54, 1.807) is 25.1 Å². The number of nitrogens with one attached hydrogen (secondary N) is 2. The van der Waals surface area contributed by atoms with Crippen molar-refractivity contribution in [2.75, 3.05) is 5.32 Å². The van der Waals surface area contributed by atoms with Gasteiger partial charge < -0.3 is 10.1 Å². The van der Waals surface area contributed by atoms with Crippen LogP contribution in [-0.4, -0.2) is 21.9 Å². The first kappa shape index (κ1) is 22.0. The van der Waals surface area contributed by atoms with Crippen LogP contribution in [0.1, 0.15) is 21.5 Å². The van der Waals surface area contributed by atoms with Gasteiger partial charge in [-0.2, -0.15) is 13.2 Å². The summed E-state index contributed by atoms with van der Waals surface area (Å²) in [5, 5.41) is 4.60. The van der Waals surface area contributed by atoms with E-state index in [0.29, 0.717) is 22.7 Å². The van der Waals surface area contributed by atoms with Gasteiger partial charge in [0.1, 0.15) is 5.75 Å². The SMILES string of the molecule is Cc1cc(NC(=O)NC(=O)c2ccc(C(F)(F)F)cc2)ccc1Oc1cnc(Cl)nc1. The van der Waals surface area contributed by atoms with Gasteiger partial charge in [0.05, 0.1) is 18.0 Å². The van der Waals surface area contributed by atoms with Crippen molar-refractivity contribution in [3.8, 4) is 11.5 Å². The largest absolute Gasteiger partial charge is 0.454 e. The number of aryl methyl sites for hydroxylation is 1. The van der Waals surface area contributed by atoms with E-state index >= 15 is 0 Å². The molecular formula is C20H14ClF3N4O3. The molecule has 160 valence electrons. The van der Waals surface area contributed by atoms with Gasteiger partial charge in [-0.15, -0.1) is 0 Å². The number of halogens is 4. The summed E-state index contributed by atoms with van der Waals surface area (Å²) in [5.41, 5.74) is 0.0569. The number of carbonyl (C=O) groups is 2. The predicted octanol–water partition coefficient (Wildman–Crippen LogP) is 5.21. The molecule has 0 spiro atoms. The molecule has 3 amide bonds. The van der Waals surface area contributed by atoms with Gasteiger partial charge in [-0.05, 0) is 66.6 Å². The molecule has 7 nitrogen and oxygen atoms in total.